The molecule has 0 spiro atoms. The van der Waals surface area contributed by atoms with Crippen molar-refractivity contribution in [2.75, 3.05) is 20.8 Å². The number of aliphatic imine (C=N–C) groups is 1. The monoisotopic (exact) mass is 447 g/mol. The minimum Gasteiger partial charge on any atom is -0.497 e. The lowest BCUT2D eigenvalue weighted by atomic mass is 10.2. The zero-order valence-electron chi connectivity index (χ0n) is 16.8. The molecule has 0 saturated carbocycles. The van der Waals surface area contributed by atoms with Gasteiger partial charge in [-0.1, -0.05) is 12.1 Å². The lowest BCUT2D eigenvalue weighted by Crippen LogP contribution is -2.36. The van der Waals surface area contributed by atoms with Crippen molar-refractivity contribution in [1.82, 2.24) is 10.6 Å². The Balaban J connectivity index is 1.90. The van der Waals surface area contributed by atoms with Crippen LogP contribution in [0.15, 0.2) is 47.5 Å². The van der Waals surface area contributed by atoms with Gasteiger partial charge in [0.25, 0.3) is 0 Å². The van der Waals surface area contributed by atoms with E-state index in [1.54, 1.807) is 24.3 Å². The number of methoxy groups -OCH3 is 1. The Bertz CT molecular complexity index is 858. The summed E-state index contributed by atoms with van der Waals surface area (Å²) in [5.74, 6) is 0.849. The van der Waals surface area contributed by atoms with Crippen molar-refractivity contribution < 1.29 is 36.2 Å². The van der Waals surface area contributed by atoms with E-state index in [1.165, 1.54) is 32.4 Å². The van der Waals surface area contributed by atoms with Gasteiger partial charge in [-0.25, -0.2) is 0 Å². The Labute approximate surface area is 176 Å². The van der Waals surface area contributed by atoms with Gasteiger partial charge in [0, 0.05) is 31.8 Å². The standard InChI is InChI=1S/C20H22F5N3O3/c1-26-19(27-10-13-3-6-15(7-4-13)30-12-20(23,24)25)28-11-14-5-8-16(29-2)9-17(14)31-18(21)22/h3-9,18H,10-12H2,1-2H3,(H2,26,27,28). The highest BCUT2D eigenvalue weighted by Gasteiger charge is 2.28. The predicted molar refractivity (Wildman–Crippen MR) is 105 cm³/mol. The molecular formula is C20H22F5N3O3. The molecule has 0 aliphatic carbocycles. The van der Waals surface area contributed by atoms with E-state index in [1.807, 2.05) is 0 Å². The summed E-state index contributed by atoms with van der Waals surface area (Å²) in [5, 5.41) is 6.00. The van der Waals surface area contributed by atoms with Crippen LogP contribution in [0.5, 0.6) is 17.2 Å². The van der Waals surface area contributed by atoms with Crippen LogP contribution in [0.1, 0.15) is 11.1 Å². The molecule has 0 amide bonds. The zero-order chi connectivity index (χ0) is 22.9. The van der Waals surface area contributed by atoms with E-state index < -0.39 is 19.4 Å². The van der Waals surface area contributed by atoms with Gasteiger partial charge in [0.2, 0.25) is 0 Å². The third-order valence-corrected chi connectivity index (χ3v) is 3.95. The van der Waals surface area contributed by atoms with Crippen molar-refractivity contribution in [3.8, 4) is 17.2 Å². The fourth-order valence-corrected chi connectivity index (χ4v) is 2.47. The number of nitrogens with one attached hydrogen (secondary N) is 2. The molecule has 2 rings (SSSR count). The SMILES string of the molecule is CN=C(NCc1ccc(OCC(F)(F)F)cc1)NCc1ccc(OC)cc1OC(F)F. The van der Waals surface area contributed by atoms with Crippen LogP contribution in [-0.4, -0.2) is 39.5 Å². The molecule has 2 aromatic carbocycles. The largest absolute Gasteiger partial charge is 0.497 e. The topological polar surface area (TPSA) is 64.1 Å². The number of halogens is 5. The minimum atomic E-state index is -4.40. The Morgan fingerprint density at radius 2 is 1.65 bits per heavy atom. The van der Waals surface area contributed by atoms with Crippen LogP contribution in [0, 0.1) is 0 Å². The molecule has 0 bridgehead atoms. The molecule has 0 fully saturated rings. The van der Waals surface area contributed by atoms with Crippen molar-refractivity contribution >= 4 is 5.96 Å². The van der Waals surface area contributed by atoms with E-state index in [0.717, 1.165) is 5.56 Å². The zero-order valence-corrected chi connectivity index (χ0v) is 16.8. The Kier molecular flexibility index (Phi) is 8.71. The van der Waals surface area contributed by atoms with Crippen LogP contribution in [0.25, 0.3) is 0 Å². The van der Waals surface area contributed by atoms with Gasteiger partial charge in [-0.05, 0) is 29.8 Å². The number of rotatable bonds is 9. The van der Waals surface area contributed by atoms with Gasteiger partial charge >= 0.3 is 12.8 Å². The number of hydrogen-bond donors (Lipinski definition) is 2. The first kappa shape index (κ1) is 24.0. The average molecular weight is 447 g/mol. The van der Waals surface area contributed by atoms with Gasteiger partial charge in [0.05, 0.1) is 7.11 Å². The third-order valence-electron chi connectivity index (χ3n) is 3.95. The first-order valence-corrected chi connectivity index (χ1v) is 9.05. The van der Waals surface area contributed by atoms with Crippen LogP contribution >= 0.6 is 0 Å². The predicted octanol–water partition coefficient (Wildman–Crippen LogP) is 4.10. The van der Waals surface area contributed by atoms with E-state index in [4.69, 9.17) is 4.74 Å². The van der Waals surface area contributed by atoms with Gasteiger partial charge < -0.3 is 24.8 Å². The molecule has 0 aliphatic rings. The first-order chi connectivity index (χ1) is 14.7. The molecule has 2 N–H and O–H groups in total. The van der Waals surface area contributed by atoms with Crippen molar-refractivity contribution in [3.63, 3.8) is 0 Å². The molecule has 0 atom stereocenters. The quantitative estimate of drug-likeness (QED) is 0.344. The Morgan fingerprint density at radius 3 is 2.23 bits per heavy atom. The molecule has 11 heteroatoms. The van der Waals surface area contributed by atoms with Gasteiger partial charge in [-0.3, -0.25) is 4.99 Å². The molecule has 6 nitrogen and oxygen atoms in total. The second-order valence-corrected chi connectivity index (χ2v) is 6.18. The molecule has 0 aliphatic heterocycles. The van der Waals surface area contributed by atoms with E-state index in [9.17, 15) is 22.0 Å². The maximum atomic E-state index is 12.7. The summed E-state index contributed by atoms with van der Waals surface area (Å²) in [4.78, 5) is 4.05. The fraction of sp³-hybridized carbons (Fsp3) is 0.350. The summed E-state index contributed by atoms with van der Waals surface area (Å²) in [6.07, 6.45) is -4.40. The maximum Gasteiger partial charge on any atom is 0.422 e. The smallest absolute Gasteiger partial charge is 0.422 e. The lowest BCUT2D eigenvalue weighted by molar-refractivity contribution is -0.153. The number of benzene rings is 2. The van der Waals surface area contributed by atoms with Crippen molar-refractivity contribution in [1.29, 1.82) is 0 Å². The van der Waals surface area contributed by atoms with E-state index in [0.29, 0.717) is 23.8 Å². The van der Waals surface area contributed by atoms with Gasteiger partial charge in [-0.2, -0.15) is 22.0 Å². The van der Waals surface area contributed by atoms with Gasteiger partial charge in [0.15, 0.2) is 12.6 Å². The van der Waals surface area contributed by atoms with Crippen molar-refractivity contribution in [2.24, 2.45) is 4.99 Å². The average Bonchev–Trinajstić information content (AvgIpc) is 2.73. The molecule has 2 aromatic rings. The minimum absolute atomic E-state index is 0.0215. The number of hydrogen-bond acceptors (Lipinski definition) is 4. The molecule has 0 radical (unpaired) electrons. The van der Waals surface area contributed by atoms with E-state index >= 15 is 0 Å². The highest BCUT2D eigenvalue weighted by Crippen LogP contribution is 2.26. The van der Waals surface area contributed by atoms with Crippen LogP contribution in [-0.2, 0) is 13.1 Å². The summed E-state index contributed by atoms with van der Waals surface area (Å²) < 4.78 is 76.1. The third kappa shape index (κ3) is 8.57. The van der Waals surface area contributed by atoms with E-state index in [2.05, 4.69) is 25.1 Å². The van der Waals surface area contributed by atoms with Crippen molar-refractivity contribution in [2.45, 2.75) is 25.9 Å². The van der Waals surface area contributed by atoms with Crippen LogP contribution in [0.2, 0.25) is 0 Å². The molecule has 0 saturated heterocycles. The molecule has 0 unspecified atom stereocenters. The molecular weight excluding hydrogens is 425 g/mol. The van der Waals surface area contributed by atoms with Crippen LogP contribution in [0.3, 0.4) is 0 Å². The summed E-state index contributed by atoms with van der Waals surface area (Å²) in [6, 6.07) is 10.7. The highest BCUT2D eigenvalue weighted by atomic mass is 19.4. The molecule has 0 heterocycles. The summed E-state index contributed by atoms with van der Waals surface area (Å²) in [7, 11) is 2.95. The molecule has 0 aromatic heterocycles. The van der Waals surface area contributed by atoms with Crippen molar-refractivity contribution in [3.05, 3.63) is 53.6 Å². The summed E-state index contributed by atoms with van der Waals surface area (Å²) >= 11 is 0. The fourth-order valence-electron chi connectivity index (χ4n) is 2.47. The Hall–Kier alpha value is -3.24. The normalized spacial score (nSPS) is 11.9. The van der Waals surface area contributed by atoms with Gasteiger partial charge in [-0.15, -0.1) is 0 Å². The van der Waals surface area contributed by atoms with Crippen LogP contribution < -0.4 is 24.8 Å². The molecule has 31 heavy (non-hydrogen) atoms. The lowest BCUT2D eigenvalue weighted by Gasteiger charge is -2.15. The first-order valence-electron chi connectivity index (χ1n) is 9.05. The number of guanidine groups is 1. The highest BCUT2D eigenvalue weighted by molar-refractivity contribution is 5.79. The number of alkyl halides is 5. The second-order valence-electron chi connectivity index (χ2n) is 6.18. The maximum absolute atomic E-state index is 12.7. The summed E-state index contributed by atoms with van der Waals surface area (Å²) in [6.45, 7) is -3.87. The van der Waals surface area contributed by atoms with E-state index in [-0.39, 0.29) is 18.0 Å². The Morgan fingerprint density at radius 1 is 1.00 bits per heavy atom. The van der Waals surface area contributed by atoms with Gasteiger partial charge in [0.1, 0.15) is 17.2 Å². The van der Waals surface area contributed by atoms with Crippen LogP contribution in [0.4, 0.5) is 22.0 Å². The number of ether oxygens (including phenoxy) is 3. The second kappa shape index (κ2) is 11.2. The number of nitrogens with zero attached hydrogens (tertiary/aromatic N) is 1. The summed E-state index contributed by atoms with van der Waals surface area (Å²) in [5.41, 5.74) is 1.24. The molecule has 170 valence electrons.